The normalized spacial score (nSPS) is 14.6. The van der Waals surface area contributed by atoms with E-state index in [-0.39, 0.29) is 24.4 Å². The van der Waals surface area contributed by atoms with Gasteiger partial charge in [-0.05, 0) is 61.7 Å². The van der Waals surface area contributed by atoms with Gasteiger partial charge in [-0.25, -0.2) is 9.07 Å². The number of hydrogen-bond acceptors (Lipinski definition) is 4. The Balaban J connectivity index is 1.56. The van der Waals surface area contributed by atoms with E-state index in [0.29, 0.717) is 16.8 Å². The topological polar surface area (TPSA) is 80.1 Å². The standard InChI is InChI=1S/C28H28FN5O2/c1-19-10-16-23(17-11-19)34(26(35)18-33-25-9-5-4-8-24(25)31-32-33)27(20-12-14-21(29)15-13-20)28(36)30-22-6-2-3-7-22/h4-5,8-17,22,27H,2-3,6-7,18H2,1H3,(H,30,36)/t27-/m0/s1. The molecule has 1 heterocycles. The molecule has 1 aliphatic rings. The molecule has 0 saturated heterocycles. The lowest BCUT2D eigenvalue weighted by Gasteiger charge is -2.32. The average Bonchev–Trinajstić information content (AvgIpc) is 3.54. The van der Waals surface area contributed by atoms with Gasteiger partial charge in [0.15, 0.2) is 0 Å². The van der Waals surface area contributed by atoms with Crippen LogP contribution in [0.15, 0.2) is 72.8 Å². The van der Waals surface area contributed by atoms with Crippen LogP contribution in [-0.4, -0.2) is 32.9 Å². The number of fused-ring (bicyclic) bond motifs is 1. The van der Waals surface area contributed by atoms with Crippen molar-refractivity contribution in [1.29, 1.82) is 0 Å². The molecule has 0 aliphatic heterocycles. The summed E-state index contributed by atoms with van der Waals surface area (Å²) in [6.07, 6.45) is 3.94. The summed E-state index contributed by atoms with van der Waals surface area (Å²) < 4.78 is 15.3. The van der Waals surface area contributed by atoms with E-state index in [1.165, 1.54) is 21.7 Å². The summed E-state index contributed by atoms with van der Waals surface area (Å²) in [5.74, 6) is -1.02. The van der Waals surface area contributed by atoms with Gasteiger partial charge in [0.05, 0.1) is 5.52 Å². The van der Waals surface area contributed by atoms with Crippen molar-refractivity contribution < 1.29 is 14.0 Å². The number of aryl methyl sites for hydroxylation is 1. The number of nitrogens with zero attached hydrogens (tertiary/aromatic N) is 4. The highest BCUT2D eigenvalue weighted by atomic mass is 19.1. The van der Waals surface area contributed by atoms with Crippen LogP contribution in [0, 0.1) is 12.7 Å². The number of anilines is 1. The van der Waals surface area contributed by atoms with Crippen LogP contribution in [-0.2, 0) is 16.1 Å². The SMILES string of the molecule is Cc1ccc(N(C(=O)Cn2nnc3ccccc32)[C@H](C(=O)NC2CCCC2)c2ccc(F)cc2)cc1. The highest BCUT2D eigenvalue weighted by molar-refractivity contribution is 6.01. The van der Waals surface area contributed by atoms with Gasteiger partial charge >= 0.3 is 0 Å². The van der Waals surface area contributed by atoms with E-state index in [2.05, 4.69) is 15.6 Å². The van der Waals surface area contributed by atoms with Crippen LogP contribution in [0.2, 0.25) is 0 Å². The molecule has 36 heavy (non-hydrogen) atoms. The van der Waals surface area contributed by atoms with Crippen molar-refractivity contribution >= 4 is 28.5 Å². The maximum atomic E-state index is 13.9. The summed E-state index contributed by atoms with van der Waals surface area (Å²) in [5.41, 5.74) is 3.54. The van der Waals surface area contributed by atoms with E-state index in [9.17, 15) is 14.0 Å². The van der Waals surface area contributed by atoms with Crippen molar-refractivity contribution in [2.45, 2.75) is 51.2 Å². The number of nitrogens with one attached hydrogen (secondary N) is 1. The van der Waals surface area contributed by atoms with Gasteiger partial charge in [0.1, 0.15) is 23.9 Å². The van der Waals surface area contributed by atoms with Gasteiger partial charge in [-0.1, -0.05) is 60.0 Å². The Morgan fingerprint density at radius 2 is 1.72 bits per heavy atom. The lowest BCUT2D eigenvalue weighted by Crippen LogP contribution is -2.47. The molecule has 4 aromatic rings. The number of para-hydroxylation sites is 1. The average molecular weight is 486 g/mol. The molecule has 1 saturated carbocycles. The monoisotopic (exact) mass is 485 g/mol. The molecule has 0 unspecified atom stereocenters. The molecule has 184 valence electrons. The molecule has 7 nitrogen and oxygen atoms in total. The number of rotatable bonds is 7. The van der Waals surface area contributed by atoms with Gasteiger partial charge in [0, 0.05) is 11.7 Å². The zero-order valence-corrected chi connectivity index (χ0v) is 20.1. The molecule has 2 amide bonds. The molecule has 0 radical (unpaired) electrons. The Bertz CT molecular complexity index is 1360. The summed E-state index contributed by atoms with van der Waals surface area (Å²) in [6.45, 7) is 1.85. The molecule has 0 bridgehead atoms. The van der Waals surface area contributed by atoms with Crippen LogP contribution in [0.25, 0.3) is 11.0 Å². The number of carbonyl (C=O) groups is 2. The summed E-state index contributed by atoms with van der Waals surface area (Å²) in [6, 6.07) is 19.7. The number of carbonyl (C=O) groups excluding carboxylic acids is 2. The van der Waals surface area contributed by atoms with Crippen molar-refractivity contribution in [1.82, 2.24) is 20.3 Å². The van der Waals surface area contributed by atoms with Gasteiger partial charge in [-0.3, -0.25) is 14.5 Å². The van der Waals surface area contributed by atoms with E-state index in [4.69, 9.17) is 0 Å². The Morgan fingerprint density at radius 3 is 2.44 bits per heavy atom. The maximum Gasteiger partial charge on any atom is 0.249 e. The zero-order chi connectivity index (χ0) is 25.1. The van der Waals surface area contributed by atoms with E-state index >= 15 is 0 Å². The Hall–Kier alpha value is -4.07. The minimum absolute atomic E-state index is 0.0645. The first-order valence-electron chi connectivity index (χ1n) is 12.2. The Kier molecular flexibility index (Phi) is 6.75. The minimum atomic E-state index is -0.976. The summed E-state index contributed by atoms with van der Waals surface area (Å²) in [4.78, 5) is 29.2. The van der Waals surface area contributed by atoms with Crippen molar-refractivity contribution in [3.8, 4) is 0 Å². The number of hydrogen-bond donors (Lipinski definition) is 1. The highest BCUT2D eigenvalue weighted by Crippen LogP contribution is 2.30. The molecule has 1 aliphatic carbocycles. The van der Waals surface area contributed by atoms with E-state index < -0.39 is 11.9 Å². The van der Waals surface area contributed by atoms with Crippen molar-refractivity contribution in [3.63, 3.8) is 0 Å². The Morgan fingerprint density at radius 1 is 1.03 bits per heavy atom. The molecule has 1 aromatic heterocycles. The van der Waals surface area contributed by atoms with Crippen molar-refractivity contribution in [2.75, 3.05) is 4.90 Å². The highest BCUT2D eigenvalue weighted by Gasteiger charge is 2.34. The molecule has 8 heteroatoms. The fourth-order valence-corrected chi connectivity index (χ4v) is 4.79. The maximum absolute atomic E-state index is 13.9. The first-order valence-corrected chi connectivity index (χ1v) is 12.2. The molecule has 0 spiro atoms. The second kappa shape index (κ2) is 10.3. The van der Waals surface area contributed by atoms with E-state index in [1.54, 1.807) is 12.1 Å². The lowest BCUT2D eigenvalue weighted by atomic mass is 10.0. The van der Waals surface area contributed by atoms with Crippen LogP contribution in [0.4, 0.5) is 10.1 Å². The van der Waals surface area contributed by atoms with Crippen molar-refractivity contribution in [3.05, 3.63) is 89.7 Å². The molecule has 1 atom stereocenters. The largest absolute Gasteiger partial charge is 0.351 e. The third-order valence-electron chi connectivity index (χ3n) is 6.68. The molecular weight excluding hydrogens is 457 g/mol. The van der Waals surface area contributed by atoms with Crippen LogP contribution in [0.1, 0.15) is 42.9 Å². The minimum Gasteiger partial charge on any atom is -0.351 e. The molecule has 3 aromatic carbocycles. The number of halogens is 1. The number of benzene rings is 3. The molecular formula is C28H28FN5O2. The van der Waals surface area contributed by atoms with Gasteiger partial charge in [0.25, 0.3) is 0 Å². The van der Waals surface area contributed by atoms with E-state index in [0.717, 1.165) is 36.8 Å². The predicted octanol–water partition coefficient (Wildman–Crippen LogP) is 4.71. The van der Waals surface area contributed by atoms with Gasteiger partial charge < -0.3 is 5.32 Å². The quantitative estimate of drug-likeness (QED) is 0.411. The summed E-state index contributed by atoms with van der Waals surface area (Å²) >= 11 is 0. The second-order valence-electron chi connectivity index (χ2n) is 9.28. The first kappa shape index (κ1) is 23.7. The number of aromatic nitrogens is 3. The molecule has 1 fully saturated rings. The van der Waals surface area contributed by atoms with Gasteiger partial charge in [0.2, 0.25) is 11.8 Å². The zero-order valence-electron chi connectivity index (χ0n) is 20.1. The second-order valence-corrected chi connectivity index (χ2v) is 9.28. The van der Waals surface area contributed by atoms with Gasteiger partial charge in [-0.2, -0.15) is 0 Å². The molecule has 1 N–H and O–H groups in total. The summed E-state index contributed by atoms with van der Waals surface area (Å²) in [7, 11) is 0. The van der Waals surface area contributed by atoms with Crippen LogP contribution in [0.5, 0.6) is 0 Å². The summed E-state index contributed by atoms with van der Waals surface area (Å²) in [5, 5.41) is 11.5. The van der Waals surface area contributed by atoms with Crippen molar-refractivity contribution in [2.24, 2.45) is 0 Å². The van der Waals surface area contributed by atoms with Gasteiger partial charge in [-0.15, -0.1) is 5.10 Å². The number of amides is 2. The van der Waals surface area contributed by atoms with Crippen LogP contribution >= 0.6 is 0 Å². The lowest BCUT2D eigenvalue weighted by molar-refractivity contribution is -0.127. The Labute approximate surface area is 208 Å². The fraction of sp³-hybridized carbons (Fsp3) is 0.286. The smallest absolute Gasteiger partial charge is 0.249 e. The van der Waals surface area contributed by atoms with E-state index in [1.807, 2.05) is 55.5 Å². The third kappa shape index (κ3) is 4.98. The van der Waals surface area contributed by atoms with Crippen LogP contribution in [0.3, 0.4) is 0 Å². The first-order chi connectivity index (χ1) is 17.5. The van der Waals surface area contributed by atoms with Crippen LogP contribution < -0.4 is 10.2 Å². The third-order valence-corrected chi connectivity index (χ3v) is 6.68. The molecule has 5 rings (SSSR count). The fourth-order valence-electron chi connectivity index (χ4n) is 4.79. The predicted molar refractivity (Wildman–Crippen MR) is 136 cm³/mol.